The second kappa shape index (κ2) is 4.47. The van der Waals surface area contributed by atoms with Crippen LogP contribution in [0.1, 0.15) is 62.4 Å². The monoisotopic (exact) mass is 236 g/mol. The molecule has 5 nitrogen and oxygen atoms in total. The molecule has 1 aromatic rings. The number of nitrogens with zero attached hydrogens (tertiary/aromatic N) is 2. The number of nitrogens with one attached hydrogen (secondary N) is 2. The molecule has 1 amide bonds. The minimum atomic E-state index is -0.173. The van der Waals surface area contributed by atoms with Crippen LogP contribution in [0.25, 0.3) is 0 Å². The van der Waals surface area contributed by atoms with Crippen LogP contribution in [0.3, 0.4) is 0 Å². The van der Waals surface area contributed by atoms with Crippen molar-refractivity contribution in [2.75, 3.05) is 6.54 Å². The summed E-state index contributed by atoms with van der Waals surface area (Å²) in [5.41, 5.74) is 0.354. The van der Waals surface area contributed by atoms with E-state index in [0.29, 0.717) is 5.41 Å². The molecule has 17 heavy (non-hydrogen) atoms. The molecule has 0 spiro atoms. The maximum absolute atomic E-state index is 11.8. The summed E-state index contributed by atoms with van der Waals surface area (Å²) in [5, 5.41) is 9.65. The number of amides is 1. The van der Waals surface area contributed by atoms with E-state index >= 15 is 0 Å². The van der Waals surface area contributed by atoms with Gasteiger partial charge in [-0.1, -0.05) is 20.8 Å². The number of aromatic amines is 1. The van der Waals surface area contributed by atoms with Crippen LogP contribution >= 0.6 is 0 Å². The Morgan fingerprint density at radius 2 is 2.24 bits per heavy atom. The van der Waals surface area contributed by atoms with Gasteiger partial charge in [-0.2, -0.15) is 0 Å². The smallest absolute Gasteiger partial charge is 0.290 e. The lowest BCUT2D eigenvalue weighted by Gasteiger charge is -2.11. The van der Waals surface area contributed by atoms with Crippen molar-refractivity contribution in [3.05, 3.63) is 11.6 Å². The van der Waals surface area contributed by atoms with Gasteiger partial charge in [-0.25, -0.2) is 4.98 Å². The van der Waals surface area contributed by atoms with E-state index in [0.717, 1.165) is 18.8 Å². The number of carbonyl (C=O) groups is 1. The summed E-state index contributed by atoms with van der Waals surface area (Å²) in [6.45, 7) is 6.94. The Hall–Kier alpha value is -1.39. The molecule has 1 aromatic heterocycles. The van der Waals surface area contributed by atoms with E-state index in [1.807, 2.05) is 13.8 Å². The Kier molecular flexibility index (Phi) is 3.17. The van der Waals surface area contributed by atoms with Gasteiger partial charge in [-0.15, -0.1) is 5.10 Å². The predicted molar refractivity (Wildman–Crippen MR) is 64.8 cm³/mol. The molecule has 0 aromatic carbocycles. The van der Waals surface area contributed by atoms with Crippen molar-refractivity contribution >= 4 is 5.91 Å². The van der Waals surface area contributed by atoms with Crippen molar-refractivity contribution < 1.29 is 4.79 Å². The summed E-state index contributed by atoms with van der Waals surface area (Å²) >= 11 is 0. The van der Waals surface area contributed by atoms with Gasteiger partial charge >= 0.3 is 0 Å². The molecule has 1 aliphatic rings. The summed E-state index contributed by atoms with van der Waals surface area (Å²) in [4.78, 5) is 16.0. The molecule has 0 aliphatic heterocycles. The highest BCUT2D eigenvalue weighted by molar-refractivity contribution is 5.90. The summed E-state index contributed by atoms with van der Waals surface area (Å²) in [5.74, 6) is 1.09. The number of aromatic nitrogens is 3. The zero-order valence-electron chi connectivity index (χ0n) is 10.7. The second-order valence-corrected chi connectivity index (χ2v) is 5.24. The van der Waals surface area contributed by atoms with Gasteiger partial charge in [0.2, 0.25) is 5.82 Å². The first-order chi connectivity index (χ1) is 8.06. The van der Waals surface area contributed by atoms with Crippen LogP contribution in [0.4, 0.5) is 0 Å². The molecule has 1 heterocycles. The van der Waals surface area contributed by atoms with Gasteiger partial charge < -0.3 is 5.32 Å². The number of rotatable bonds is 5. The quantitative estimate of drug-likeness (QED) is 0.819. The number of hydrogen-bond donors (Lipinski definition) is 2. The first-order valence-corrected chi connectivity index (χ1v) is 6.27. The fourth-order valence-electron chi connectivity index (χ4n) is 1.81. The molecule has 1 saturated carbocycles. The molecule has 0 saturated heterocycles. The van der Waals surface area contributed by atoms with Crippen LogP contribution in [0.2, 0.25) is 0 Å². The molecule has 1 fully saturated rings. The van der Waals surface area contributed by atoms with E-state index in [9.17, 15) is 4.79 Å². The van der Waals surface area contributed by atoms with Crippen LogP contribution in [0, 0.1) is 5.41 Å². The molecule has 0 unspecified atom stereocenters. The van der Waals surface area contributed by atoms with Gasteiger partial charge in [-0.3, -0.25) is 9.89 Å². The highest BCUT2D eigenvalue weighted by Crippen LogP contribution is 2.47. The van der Waals surface area contributed by atoms with Crippen LogP contribution in [0.5, 0.6) is 0 Å². The van der Waals surface area contributed by atoms with Crippen molar-refractivity contribution in [3.8, 4) is 0 Å². The Labute approximate surface area is 101 Å². The van der Waals surface area contributed by atoms with E-state index in [2.05, 4.69) is 27.4 Å². The van der Waals surface area contributed by atoms with Crippen molar-refractivity contribution in [3.63, 3.8) is 0 Å². The van der Waals surface area contributed by atoms with Crippen molar-refractivity contribution in [2.45, 2.75) is 46.0 Å². The topological polar surface area (TPSA) is 70.7 Å². The summed E-state index contributed by atoms with van der Waals surface area (Å²) < 4.78 is 0. The van der Waals surface area contributed by atoms with Crippen molar-refractivity contribution in [2.24, 2.45) is 5.41 Å². The predicted octanol–water partition coefficient (Wildman–Crippen LogP) is 1.85. The largest absolute Gasteiger partial charge is 0.349 e. The molecule has 2 rings (SSSR count). The van der Waals surface area contributed by atoms with Gasteiger partial charge in [0.1, 0.15) is 5.82 Å². The Morgan fingerprint density at radius 3 is 2.71 bits per heavy atom. The van der Waals surface area contributed by atoms with Crippen LogP contribution < -0.4 is 5.32 Å². The maximum Gasteiger partial charge on any atom is 0.290 e. The molecule has 94 valence electrons. The third-order valence-electron chi connectivity index (χ3n) is 3.58. The average Bonchev–Trinajstić information content (AvgIpc) is 2.92. The summed E-state index contributed by atoms with van der Waals surface area (Å²) in [6.07, 6.45) is 3.56. The van der Waals surface area contributed by atoms with Crippen molar-refractivity contribution in [1.29, 1.82) is 0 Å². The lowest BCUT2D eigenvalue weighted by atomic mass is 10.0. The standard InChI is InChI=1S/C12H20N4O/c1-4-12(5-6-12)7-13-11(17)10-14-9(8(2)3)15-16-10/h8H,4-7H2,1-3H3,(H,13,17)(H,14,15,16). The van der Waals surface area contributed by atoms with Crippen LogP contribution in [0.15, 0.2) is 0 Å². The highest BCUT2D eigenvalue weighted by Gasteiger charge is 2.40. The van der Waals surface area contributed by atoms with Crippen LogP contribution in [-0.4, -0.2) is 27.6 Å². The number of hydrogen-bond acceptors (Lipinski definition) is 3. The van der Waals surface area contributed by atoms with Gasteiger partial charge in [0.25, 0.3) is 5.91 Å². The van der Waals surface area contributed by atoms with E-state index < -0.39 is 0 Å². The summed E-state index contributed by atoms with van der Waals surface area (Å²) in [6, 6.07) is 0. The Balaban J connectivity index is 1.90. The molecule has 2 N–H and O–H groups in total. The maximum atomic E-state index is 11.8. The Bertz CT molecular complexity index is 406. The molecular weight excluding hydrogens is 216 g/mol. The van der Waals surface area contributed by atoms with Gasteiger partial charge in [0, 0.05) is 12.5 Å². The van der Waals surface area contributed by atoms with E-state index in [4.69, 9.17) is 0 Å². The zero-order chi connectivity index (χ0) is 12.5. The first-order valence-electron chi connectivity index (χ1n) is 6.27. The van der Waals surface area contributed by atoms with E-state index in [1.165, 1.54) is 12.8 Å². The minimum Gasteiger partial charge on any atom is -0.349 e. The van der Waals surface area contributed by atoms with E-state index in [-0.39, 0.29) is 17.6 Å². The third-order valence-corrected chi connectivity index (χ3v) is 3.58. The molecule has 0 radical (unpaired) electrons. The SMILES string of the molecule is CCC1(CNC(=O)c2n[nH]c(C(C)C)n2)CC1. The summed E-state index contributed by atoms with van der Waals surface area (Å²) in [7, 11) is 0. The molecule has 0 bridgehead atoms. The van der Waals surface area contributed by atoms with Gasteiger partial charge in [0.15, 0.2) is 0 Å². The van der Waals surface area contributed by atoms with E-state index in [1.54, 1.807) is 0 Å². The third kappa shape index (κ3) is 2.65. The molecule has 1 aliphatic carbocycles. The van der Waals surface area contributed by atoms with Gasteiger partial charge in [0.05, 0.1) is 0 Å². The average molecular weight is 236 g/mol. The fourth-order valence-corrected chi connectivity index (χ4v) is 1.81. The number of H-pyrrole nitrogens is 1. The van der Waals surface area contributed by atoms with Gasteiger partial charge in [-0.05, 0) is 24.7 Å². The highest BCUT2D eigenvalue weighted by atomic mass is 16.2. The van der Waals surface area contributed by atoms with Crippen molar-refractivity contribution in [1.82, 2.24) is 20.5 Å². The molecule has 0 atom stereocenters. The molecule has 5 heteroatoms. The molecular formula is C12H20N4O. The number of carbonyl (C=O) groups excluding carboxylic acids is 1. The lowest BCUT2D eigenvalue weighted by molar-refractivity contribution is 0.0934. The minimum absolute atomic E-state index is 0.173. The Morgan fingerprint density at radius 1 is 1.53 bits per heavy atom. The second-order valence-electron chi connectivity index (χ2n) is 5.24. The zero-order valence-corrected chi connectivity index (χ0v) is 10.7. The van der Waals surface area contributed by atoms with Crippen LogP contribution in [-0.2, 0) is 0 Å². The lowest BCUT2D eigenvalue weighted by Crippen LogP contribution is -2.30. The normalized spacial score (nSPS) is 17.2. The fraction of sp³-hybridized carbons (Fsp3) is 0.750. The first kappa shape index (κ1) is 12.1.